The van der Waals surface area contributed by atoms with Crippen LogP contribution >= 0.6 is 0 Å². The minimum atomic E-state index is 0. The topological polar surface area (TPSA) is 16.8 Å². The van der Waals surface area contributed by atoms with Crippen LogP contribution in [-0.4, -0.2) is 5.10 Å². The molecule has 2 aromatic rings. The van der Waals surface area contributed by atoms with Gasteiger partial charge in [0.15, 0.2) is 7.05 Å². The normalized spacial score (nSPS) is 9.69. The molecule has 0 fully saturated rings. The van der Waals surface area contributed by atoms with Gasteiger partial charge in [0.2, 0.25) is 5.69 Å². The van der Waals surface area contributed by atoms with Crippen LogP contribution in [0.5, 0.6) is 0 Å². The van der Waals surface area contributed by atoms with Gasteiger partial charge in [-0.3, -0.25) is 0 Å². The fourth-order valence-corrected chi connectivity index (χ4v) is 1.67. The lowest BCUT2D eigenvalue weighted by atomic mass is 10.0. The number of halogens is 1. The Morgan fingerprint density at radius 3 is 2.31 bits per heavy atom. The molecule has 1 heterocycles. The average molecular weight is 326 g/mol. The zero-order valence-electron chi connectivity index (χ0n) is 9.74. The van der Waals surface area contributed by atoms with Crippen LogP contribution in [0.4, 0.5) is 0 Å². The third-order valence-corrected chi connectivity index (χ3v) is 2.64. The van der Waals surface area contributed by atoms with Gasteiger partial charge in [-0.1, -0.05) is 35.0 Å². The summed E-state index contributed by atoms with van der Waals surface area (Å²) < 4.78 is 1.90. The second kappa shape index (κ2) is 5.39. The van der Waals surface area contributed by atoms with E-state index >= 15 is 0 Å². The van der Waals surface area contributed by atoms with Crippen molar-refractivity contribution in [3.63, 3.8) is 0 Å². The van der Waals surface area contributed by atoms with Crippen molar-refractivity contribution in [3.8, 4) is 11.1 Å². The molecule has 3 heteroatoms. The monoisotopic (exact) mass is 326 g/mol. The molecule has 84 valence electrons. The molecule has 1 aromatic heterocycles. The largest absolute Gasteiger partial charge is 1.00 e. The molecule has 0 amide bonds. The van der Waals surface area contributed by atoms with Crippen LogP contribution in [0.15, 0.2) is 36.4 Å². The summed E-state index contributed by atoms with van der Waals surface area (Å²) in [5, 5.41) is 4.47. The molecule has 16 heavy (non-hydrogen) atoms. The van der Waals surface area contributed by atoms with E-state index in [-0.39, 0.29) is 24.0 Å². The summed E-state index contributed by atoms with van der Waals surface area (Å²) in [6.45, 7) is 4.11. The van der Waals surface area contributed by atoms with Crippen LogP contribution < -0.4 is 28.7 Å². The number of benzene rings is 1. The van der Waals surface area contributed by atoms with Crippen molar-refractivity contribution in [1.29, 1.82) is 0 Å². The van der Waals surface area contributed by atoms with Gasteiger partial charge in [-0.05, 0) is 17.6 Å². The zero-order valence-corrected chi connectivity index (χ0v) is 11.9. The van der Waals surface area contributed by atoms with Gasteiger partial charge in [0.05, 0.1) is 0 Å². The molecular weight excluding hydrogens is 311 g/mol. The molecule has 2 nitrogen and oxygen atoms in total. The fourth-order valence-electron chi connectivity index (χ4n) is 1.67. The number of aromatic nitrogens is 2. The fraction of sp³-hybridized carbons (Fsp3) is 0.231. The minimum absolute atomic E-state index is 0. The van der Waals surface area contributed by atoms with E-state index < -0.39 is 0 Å². The highest BCUT2D eigenvalue weighted by atomic mass is 127. The minimum Gasteiger partial charge on any atom is -1.00 e. The van der Waals surface area contributed by atoms with Gasteiger partial charge in [0.1, 0.15) is 5.69 Å². The Labute approximate surface area is 113 Å². The van der Waals surface area contributed by atoms with Gasteiger partial charge in [-0.2, -0.15) is 0 Å². The highest BCUT2D eigenvalue weighted by Gasteiger charge is 2.10. The second-order valence-electron chi connectivity index (χ2n) is 3.77. The third kappa shape index (κ3) is 2.58. The van der Waals surface area contributed by atoms with Gasteiger partial charge < -0.3 is 24.0 Å². The molecule has 0 aliphatic carbocycles. The maximum atomic E-state index is 4.47. The lowest BCUT2D eigenvalue weighted by Crippen LogP contribution is -3.00. The van der Waals surface area contributed by atoms with E-state index in [2.05, 4.69) is 42.4 Å². The first kappa shape index (κ1) is 13.1. The second-order valence-corrected chi connectivity index (χ2v) is 3.77. The number of rotatable bonds is 1. The van der Waals surface area contributed by atoms with E-state index in [0.29, 0.717) is 0 Å². The van der Waals surface area contributed by atoms with Gasteiger partial charge in [0.25, 0.3) is 0 Å². The smallest absolute Gasteiger partial charge is 0.205 e. The van der Waals surface area contributed by atoms with Gasteiger partial charge in [-0.15, -0.1) is 0 Å². The first-order valence-electron chi connectivity index (χ1n) is 5.08. The van der Waals surface area contributed by atoms with Crippen molar-refractivity contribution in [3.05, 3.63) is 47.8 Å². The molecule has 0 bridgehead atoms. The first-order chi connectivity index (χ1) is 7.18. The quantitative estimate of drug-likeness (QED) is 0.495. The van der Waals surface area contributed by atoms with E-state index in [1.165, 1.54) is 16.8 Å². The summed E-state index contributed by atoms with van der Waals surface area (Å²) in [5.74, 6) is 0. The molecule has 0 aliphatic rings. The predicted octanol–water partition coefficient (Wildman–Crippen LogP) is -0.806. The number of hydrogen-bond donors (Lipinski definition) is 0. The van der Waals surface area contributed by atoms with Crippen molar-refractivity contribution in [2.45, 2.75) is 13.8 Å². The van der Waals surface area contributed by atoms with Crippen LogP contribution in [0.2, 0.25) is 0 Å². The van der Waals surface area contributed by atoms with Crippen molar-refractivity contribution >= 4 is 0 Å². The average Bonchev–Trinajstić information content (AvgIpc) is 2.25. The number of hydrogen-bond acceptors (Lipinski definition) is 1. The van der Waals surface area contributed by atoms with Crippen molar-refractivity contribution in [1.82, 2.24) is 5.10 Å². The predicted molar refractivity (Wildman–Crippen MR) is 60.3 cm³/mol. The van der Waals surface area contributed by atoms with E-state index in [9.17, 15) is 0 Å². The molecule has 2 rings (SSSR count). The van der Waals surface area contributed by atoms with E-state index in [0.717, 1.165) is 5.69 Å². The third-order valence-electron chi connectivity index (χ3n) is 2.64. The molecule has 1 aromatic carbocycles. The molecular formula is C13H15IN2. The zero-order chi connectivity index (χ0) is 10.8. The SMILES string of the molecule is Cc1n[n+](C)c(C)cc1-c1ccccc1.[I-]. The van der Waals surface area contributed by atoms with Crippen LogP contribution in [0.3, 0.4) is 0 Å². The van der Waals surface area contributed by atoms with Crippen molar-refractivity contribution < 1.29 is 28.7 Å². The molecule has 0 N–H and O–H groups in total. The molecule has 0 atom stereocenters. The summed E-state index contributed by atoms with van der Waals surface area (Å²) in [6, 6.07) is 12.5. The summed E-state index contributed by atoms with van der Waals surface area (Å²) >= 11 is 0. The van der Waals surface area contributed by atoms with Gasteiger partial charge in [0, 0.05) is 18.6 Å². The standard InChI is InChI=1S/C13H15N2.HI/c1-10-9-13(11(2)14-15(10)3)12-7-5-4-6-8-12;/h4-9H,1-3H3;1H/q+1;/p-1. The molecule has 0 radical (unpaired) electrons. The highest BCUT2D eigenvalue weighted by Crippen LogP contribution is 2.20. The summed E-state index contributed by atoms with van der Waals surface area (Å²) in [4.78, 5) is 0. The maximum Gasteiger partial charge on any atom is 0.205 e. The van der Waals surface area contributed by atoms with Gasteiger partial charge in [-0.25, -0.2) is 0 Å². The Balaban J connectivity index is 0.00000128. The molecule has 0 aliphatic heterocycles. The molecule has 0 saturated carbocycles. The number of nitrogens with zero attached hydrogens (tertiary/aromatic N) is 2. The van der Waals surface area contributed by atoms with Crippen LogP contribution in [-0.2, 0) is 7.05 Å². The van der Waals surface area contributed by atoms with Crippen LogP contribution in [0, 0.1) is 13.8 Å². The van der Waals surface area contributed by atoms with Gasteiger partial charge >= 0.3 is 0 Å². The molecule has 0 unspecified atom stereocenters. The Hall–Kier alpha value is -0.970. The maximum absolute atomic E-state index is 4.47. The van der Waals surface area contributed by atoms with E-state index in [4.69, 9.17) is 0 Å². The van der Waals surface area contributed by atoms with Crippen molar-refractivity contribution in [2.24, 2.45) is 7.05 Å². The molecule has 0 spiro atoms. The lowest BCUT2D eigenvalue weighted by Gasteiger charge is -2.03. The summed E-state index contributed by atoms with van der Waals surface area (Å²) in [7, 11) is 1.97. The number of aryl methyl sites for hydroxylation is 3. The highest BCUT2D eigenvalue weighted by molar-refractivity contribution is 5.65. The molecule has 0 saturated heterocycles. The van der Waals surface area contributed by atoms with Crippen LogP contribution in [0.1, 0.15) is 11.4 Å². The Morgan fingerprint density at radius 1 is 1.06 bits per heavy atom. The first-order valence-corrected chi connectivity index (χ1v) is 5.08. The Kier molecular flexibility index (Phi) is 4.41. The Bertz CT molecular complexity index is 481. The van der Waals surface area contributed by atoms with Crippen molar-refractivity contribution in [2.75, 3.05) is 0 Å². The summed E-state index contributed by atoms with van der Waals surface area (Å²) in [5.41, 5.74) is 4.67. The van der Waals surface area contributed by atoms with E-state index in [1.54, 1.807) is 0 Å². The Morgan fingerprint density at radius 2 is 1.69 bits per heavy atom. The lowest BCUT2D eigenvalue weighted by molar-refractivity contribution is -0.736. The summed E-state index contributed by atoms with van der Waals surface area (Å²) in [6.07, 6.45) is 0. The van der Waals surface area contributed by atoms with Crippen LogP contribution in [0.25, 0.3) is 11.1 Å². The van der Waals surface area contributed by atoms with E-state index in [1.807, 2.05) is 24.7 Å².